The summed E-state index contributed by atoms with van der Waals surface area (Å²) in [6.45, 7) is 1.91. The molecule has 23 heavy (non-hydrogen) atoms. The van der Waals surface area contributed by atoms with Gasteiger partial charge in [0.2, 0.25) is 0 Å². The molecule has 0 saturated carbocycles. The van der Waals surface area contributed by atoms with Crippen molar-refractivity contribution in [3.8, 4) is 0 Å². The molecular weight excluding hydrogens is 332 g/mol. The zero-order chi connectivity index (χ0) is 16.3. The lowest BCUT2D eigenvalue weighted by Gasteiger charge is -2.33. The van der Waals surface area contributed by atoms with Crippen LogP contribution >= 0.6 is 11.3 Å². The normalized spacial score (nSPS) is 16.5. The van der Waals surface area contributed by atoms with Gasteiger partial charge in [0.25, 0.3) is 10.0 Å². The third kappa shape index (κ3) is 3.85. The molecule has 1 N–H and O–H groups in total. The fourth-order valence-electron chi connectivity index (χ4n) is 2.71. The first-order chi connectivity index (χ1) is 11.1. The summed E-state index contributed by atoms with van der Waals surface area (Å²) in [6, 6.07) is 10.9. The smallest absolute Gasteiger partial charge is 0.271 e. The largest absolute Gasteiger partial charge is 0.381 e. The standard InChI is InChI=1S/C16H20N2O3S2/c1-21-15-8-10-18(11-9-15)14-6-4-13(5-7-14)17-23(19,20)16-3-2-12-22-16/h2-7,12,15,17H,8-11H2,1H3. The predicted molar refractivity (Wildman–Crippen MR) is 93.8 cm³/mol. The van der Waals surface area contributed by atoms with Gasteiger partial charge >= 0.3 is 0 Å². The molecule has 1 fully saturated rings. The molecule has 124 valence electrons. The molecule has 2 heterocycles. The summed E-state index contributed by atoms with van der Waals surface area (Å²) < 4.78 is 32.7. The summed E-state index contributed by atoms with van der Waals surface area (Å²) in [4.78, 5) is 2.30. The van der Waals surface area contributed by atoms with E-state index in [1.54, 1.807) is 24.6 Å². The molecule has 3 rings (SSSR count). The van der Waals surface area contributed by atoms with Crippen LogP contribution < -0.4 is 9.62 Å². The van der Waals surface area contributed by atoms with Gasteiger partial charge in [0.15, 0.2) is 0 Å². The number of nitrogens with one attached hydrogen (secondary N) is 1. The summed E-state index contributed by atoms with van der Waals surface area (Å²) in [5.41, 5.74) is 1.69. The molecule has 0 radical (unpaired) electrons. The Bertz CT molecular complexity index is 719. The highest BCUT2D eigenvalue weighted by atomic mass is 32.2. The van der Waals surface area contributed by atoms with Crippen molar-refractivity contribution in [2.45, 2.75) is 23.2 Å². The SMILES string of the molecule is COC1CCN(c2ccc(NS(=O)(=O)c3cccs3)cc2)CC1. The maximum Gasteiger partial charge on any atom is 0.271 e. The van der Waals surface area contributed by atoms with E-state index in [0.717, 1.165) is 31.6 Å². The Labute approximate surface area is 140 Å². The predicted octanol–water partition coefficient (Wildman–Crippen LogP) is 3.16. The van der Waals surface area contributed by atoms with Crippen molar-refractivity contribution in [2.75, 3.05) is 29.8 Å². The topological polar surface area (TPSA) is 58.6 Å². The quantitative estimate of drug-likeness (QED) is 0.898. The molecule has 0 atom stereocenters. The van der Waals surface area contributed by atoms with Gasteiger partial charge in [0.1, 0.15) is 4.21 Å². The monoisotopic (exact) mass is 352 g/mol. The number of anilines is 2. The average molecular weight is 352 g/mol. The molecule has 0 unspecified atom stereocenters. The summed E-state index contributed by atoms with van der Waals surface area (Å²) >= 11 is 1.21. The molecule has 1 saturated heterocycles. The van der Waals surface area contributed by atoms with Crippen LogP contribution in [0.15, 0.2) is 46.0 Å². The zero-order valence-corrected chi connectivity index (χ0v) is 14.6. The Hall–Kier alpha value is -1.57. The second-order valence-electron chi connectivity index (χ2n) is 5.51. The van der Waals surface area contributed by atoms with E-state index in [0.29, 0.717) is 16.0 Å². The van der Waals surface area contributed by atoms with Gasteiger partial charge in [0, 0.05) is 31.6 Å². The highest BCUT2D eigenvalue weighted by Crippen LogP contribution is 2.25. The van der Waals surface area contributed by atoms with Crippen molar-refractivity contribution in [2.24, 2.45) is 0 Å². The maximum atomic E-state index is 12.2. The Morgan fingerprint density at radius 1 is 1.17 bits per heavy atom. The van der Waals surface area contributed by atoms with E-state index in [1.807, 2.05) is 24.3 Å². The number of hydrogen-bond donors (Lipinski definition) is 1. The van der Waals surface area contributed by atoms with E-state index in [2.05, 4.69) is 9.62 Å². The lowest BCUT2D eigenvalue weighted by Crippen LogP contribution is -2.36. The van der Waals surface area contributed by atoms with Crippen LogP contribution in [0.25, 0.3) is 0 Å². The minimum absolute atomic E-state index is 0.322. The maximum absolute atomic E-state index is 12.2. The van der Waals surface area contributed by atoms with Gasteiger partial charge < -0.3 is 9.64 Å². The van der Waals surface area contributed by atoms with Crippen molar-refractivity contribution in [1.29, 1.82) is 0 Å². The Morgan fingerprint density at radius 3 is 2.43 bits per heavy atom. The van der Waals surface area contributed by atoms with Crippen molar-refractivity contribution >= 4 is 32.7 Å². The van der Waals surface area contributed by atoms with Crippen LogP contribution in [0.4, 0.5) is 11.4 Å². The Balaban J connectivity index is 1.66. The number of ether oxygens (including phenoxy) is 1. The number of methoxy groups -OCH3 is 1. The first kappa shape index (κ1) is 16.3. The van der Waals surface area contributed by atoms with Crippen LogP contribution in [-0.4, -0.2) is 34.7 Å². The van der Waals surface area contributed by atoms with E-state index in [4.69, 9.17) is 4.74 Å². The second kappa shape index (κ2) is 6.90. The summed E-state index contributed by atoms with van der Waals surface area (Å²) in [5.74, 6) is 0. The van der Waals surface area contributed by atoms with Gasteiger partial charge in [-0.25, -0.2) is 8.42 Å². The molecule has 1 aromatic carbocycles. The van der Waals surface area contributed by atoms with Gasteiger partial charge in [-0.05, 0) is 48.6 Å². The summed E-state index contributed by atoms with van der Waals surface area (Å²) in [6.07, 6.45) is 2.38. The van der Waals surface area contributed by atoms with Crippen molar-refractivity contribution in [3.05, 3.63) is 41.8 Å². The zero-order valence-electron chi connectivity index (χ0n) is 12.9. The van der Waals surface area contributed by atoms with Gasteiger partial charge in [0.05, 0.1) is 6.10 Å². The molecule has 0 aliphatic carbocycles. The van der Waals surface area contributed by atoms with Crippen LogP contribution in [0.3, 0.4) is 0 Å². The van der Waals surface area contributed by atoms with E-state index in [-0.39, 0.29) is 0 Å². The average Bonchev–Trinajstić information content (AvgIpc) is 3.11. The Morgan fingerprint density at radius 2 is 1.87 bits per heavy atom. The molecule has 1 aromatic heterocycles. The lowest BCUT2D eigenvalue weighted by atomic mass is 10.1. The number of thiophene rings is 1. The number of nitrogens with zero attached hydrogens (tertiary/aromatic N) is 1. The summed E-state index contributed by atoms with van der Waals surface area (Å²) in [7, 11) is -1.72. The third-order valence-corrected chi connectivity index (χ3v) is 6.80. The third-order valence-electron chi connectivity index (χ3n) is 4.02. The highest BCUT2D eigenvalue weighted by Gasteiger charge is 2.19. The van der Waals surface area contributed by atoms with E-state index in [9.17, 15) is 8.42 Å². The van der Waals surface area contributed by atoms with E-state index < -0.39 is 10.0 Å². The molecular formula is C16H20N2O3S2. The van der Waals surface area contributed by atoms with Crippen molar-refractivity contribution in [1.82, 2.24) is 0 Å². The lowest BCUT2D eigenvalue weighted by molar-refractivity contribution is 0.0819. The van der Waals surface area contributed by atoms with Gasteiger partial charge in [-0.2, -0.15) is 0 Å². The van der Waals surface area contributed by atoms with Gasteiger partial charge in [-0.3, -0.25) is 4.72 Å². The molecule has 2 aromatic rings. The molecule has 0 spiro atoms. The number of sulfonamides is 1. The number of piperidine rings is 1. The van der Waals surface area contributed by atoms with E-state index in [1.165, 1.54) is 11.3 Å². The van der Waals surface area contributed by atoms with Crippen molar-refractivity contribution < 1.29 is 13.2 Å². The molecule has 0 bridgehead atoms. The van der Waals surface area contributed by atoms with Crippen LogP contribution in [0.2, 0.25) is 0 Å². The van der Waals surface area contributed by atoms with Crippen LogP contribution in [0, 0.1) is 0 Å². The minimum Gasteiger partial charge on any atom is -0.381 e. The van der Waals surface area contributed by atoms with Crippen LogP contribution in [0.1, 0.15) is 12.8 Å². The highest BCUT2D eigenvalue weighted by molar-refractivity contribution is 7.94. The fraction of sp³-hybridized carbons (Fsp3) is 0.375. The van der Waals surface area contributed by atoms with Crippen LogP contribution in [-0.2, 0) is 14.8 Å². The van der Waals surface area contributed by atoms with Crippen LogP contribution in [0.5, 0.6) is 0 Å². The first-order valence-corrected chi connectivity index (χ1v) is 9.89. The molecule has 0 amide bonds. The van der Waals surface area contributed by atoms with Gasteiger partial charge in [-0.1, -0.05) is 6.07 Å². The summed E-state index contributed by atoms with van der Waals surface area (Å²) in [5, 5.41) is 1.75. The molecule has 7 heteroatoms. The molecule has 1 aliphatic rings. The van der Waals surface area contributed by atoms with Crippen molar-refractivity contribution in [3.63, 3.8) is 0 Å². The molecule has 1 aliphatic heterocycles. The van der Waals surface area contributed by atoms with E-state index >= 15 is 0 Å². The Kier molecular flexibility index (Phi) is 4.89. The van der Waals surface area contributed by atoms with Gasteiger partial charge in [-0.15, -0.1) is 11.3 Å². The fourth-order valence-corrected chi connectivity index (χ4v) is 4.76. The number of hydrogen-bond acceptors (Lipinski definition) is 5. The minimum atomic E-state index is -3.48. The number of benzene rings is 1. The molecule has 5 nitrogen and oxygen atoms in total. The first-order valence-electron chi connectivity index (χ1n) is 7.52. The number of rotatable bonds is 5. The second-order valence-corrected chi connectivity index (χ2v) is 8.36.